The van der Waals surface area contributed by atoms with Crippen molar-refractivity contribution in [2.75, 3.05) is 0 Å². The molecule has 1 heterocycles. The number of nitrogens with zero attached hydrogens (tertiary/aromatic N) is 1. The molecule has 1 aromatic carbocycles. The van der Waals surface area contributed by atoms with E-state index in [9.17, 15) is 22.8 Å². The van der Waals surface area contributed by atoms with E-state index in [1.54, 1.807) is 0 Å². The molecule has 0 fully saturated rings. The van der Waals surface area contributed by atoms with Crippen molar-refractivity contribution < 1.29 is 18.0 Å². The van der Waals surface area contributed by atoms with Gasteiger partial charge in [0.15, 0.2) is 0 Å². The first-order valence-corrected chi connectivity index (χ1v) is 5.94. The predicted octanol–water partition coefficient (Wildman–Crippen LogP) is 2.01. The lowest BCUT2D eigenvalue weighted by Crippen LogP contribution is -2.22. The smallest absolute Gasteiger partial charge is 0.366 e. The van der Waals surface area contributed by atoms with Crippen LogP contribution < -0.4 is 11.3 Å². The number of hydrogen-bond donors (Lipinski definition) is 1. The van der Waals surface area contributed by atoms with E-state index < -0.39 is 23.2 Å². The summed E-state index contributed by atoms with van der Waals surface area (Å²) in [7, 11) is 0. The van der Waals surface area contributed by atoms with Crippen LogP contribution in [0.15, 0.2) is 47.4 Å². The molecular formula is C14H11F3N2O2. The summed E-state index contributed by atoms with van der Waals surface area (Å²) >= 11 is 0. The zero-order valence-electron chi connectivity index (χ0n) is 10.7. The molecule has 2 N–H and O–H groups in total. The fourth-order valence-electron chi connectivity index (χ4n) is 1.79. The van der Waals surface area contributed by atoms with Gasteiger partial charge in [-0.05, 0) is 23.8 Å². The second-order valence-electron chi connectivity index (χ2n) is 4.44. The van der Waals surface area contributed by atoms with Crippen LogP contribution in [0.3, 0.4) is 0 Å². The van der Waals surface area contributed by atoms with E-state index in [2.05, 4.69) is 0 Å². The lowest BCUT2D eigenvalue weighted by Gasteiger charge is -2.11. The number of alkyl halides is 3. The first kappa shape index (κ1) is 14.8. The highest BCUT2D eigenvalue weighted by molar-refractivity contribution is 5.92. The zero-order valence-corrected chi connectivity index (χ0v) is 10.7. The summed E-state index contributed by atoms with van der Waals surface area (Å²) < 4.78 is 38.8. The highest BCUT2D eigenvalue weighted by atomic mass is 19.4. The molecule has 0 atom stereocenters. The van der Waals surface area contributed by atoms with E-state index in [1.807, 2.05) is 0 Å². The topological polar surface area (TPSA) is 65.1 Å². The van der Waals surface area contributed by atoms with Crippen molar-refractivity contribution in [2.24, 2.45) is 5.73 Å². The third-order valence-corrected chi connectivity index (χ3v) is 2.90. The molecule has 2 aromatic rings. The Labute approximate surface area is 117 Å². The third kappa shape index (κ3) is 3.50. The van der Waals surface area contributed by atoms with E-state index in [1.165, 1.54) is 24.3 Å². The maximum Gasteiger partial charge on any atom is 0.417 e. The summed E-state index contributed by atoms with van der Waals surface area (Å²) in [5, 5.41) is 0. The van der Waals surface area contributed by atoms with Crippen LogP contribution in [-0.4, -0.2) is 10.5 Å². The molecule has 7 heteroatoms. The summed E-state index contributed by atoms with van der Waals surface area (Å²) in [5.41, 5.74) is 4.53. The molecule has 21 heavy (non-hydrogen) atoms. The summed E-state index contributed by atoms with van der Waals surface area (Å²) in [6.07, 6.45) is -3.74. The quantitative estimate of drug-likeness (QED) is 0.941. The van der Waals surface area contributed by atoms with Crippen molar-refractivity contribution in [3.8, 4) is 0 Å². The average Bonchev–Trinajstić information content (AvgIpc) is 2.40. The minimum Gasteiger partial charge on any atom is -0.366 e. The van der Waals surface area contributed by atoms with Crippen LogP contribution in [0, 0.1) is 0 Å². The lowest BCUT2D eigenvalue weighted by atomic mass is 10.1. The van der Waals surface area contributed by atoms with E-state index >= 15 is 0 Å². The molecule has 0 bridgehead atoms. The molecule has 1 amide bonds. The normalized spacial score (nSPS) is 11.4. The van der Waals surface area contributed by atoms with Gasteiger partial charge < -0.3 is 10.3 Å². The summed E-state index contributed by atoms with van der Waals surface area (Å²) in [6, 6.07) is 7.60. The van der Waals surface area contributed by atoms with Crippen molar-refractivity contribution in [1.82, 2.24) is 4.57 Å². The van der Waals surface area contributed by atoms with Gasteiger partial charge in [0.2, 0.25) is 5.91 Å². The summed E-state index contributed by atoms with van der Waals surface area (Å²) in [5.74, 6) is -0.599. The van der Waals surface area contributed by atoms with Crippen molar-refractivity contribution in [3.63, 3.8) is 0 Å². The monoisotopic (exact) mass is 296 g/mol. The van der Waals surface area contributed by atoms with Gasteiger partial charge in [-0.1, -0.05) is 12.1 Å². The van der Waals surface area contributed by atoms with Crippen LogP contribution in [-0.2, 0) is 12.7 Å². The van der Waals surface area contributed by atoms with E-state index in [0.717, 1.165) is 22.9 Å². The van der Waals surface area contributed by atoms with Crippen LogP contribution >= 0.6 is 0 Å². The lowest BCUT2D eigenvalue weighted by molar-refractivity contribution is -0.138. The number of amides is 1. The number of halogens is 3. The third-order valence-electron chi connectivity index (χ3n) is 2.90. The van der Waals surface area contributed by atoms with Crippen molar-refractivity contribution in [3.05, 3.63) is 69.6 Å². The number of primary amides is 1. The standard InChI is InChI=1S/C14H11F3N2O2/c15-14(16,17)11-5-6-12(20)19(8-11)7-9-1-3-10(4-2-9)13(18)21/h1-6,8H,7H2,(H2,18,21). The molecular weight excluding hydrogens is 285 g/mol. The van der Waals surface area contributed by atoms with Crippen molar-refractivity contribution >= 4 is 5.91 Å². The average molecular weight is 296 g/mol. The Morgan fingerprint density at radius 2 is 1.71 bits per heavy atom. The Kier molecular flexibility index (Phi) is 3.84. The number of aromatic nitrogens is 1. The van der Waals surface area contributed by atoms with Gasteiger partial charge in [-0.25, -0.2) is 0 Å². The number of nitrogens with two attached hydrogens (primary N) is 1. The second kappa shape index (κ2) is 5.43. The fourth-order valence-corrected chi connectivity index (χ4v) is 1.79. The molecule has 0 aliphatic heterocycles. The maximum absolute atomic E-state index is 12.6. The largest absolute Gasteiger partial charge is 0.417 e. The fraction of sp³-hybridized carbons (Fsp3) is 0.143. The van der Waals surface area contributed by atoms with Gasteiger partial charge in [0.1, 0.15) is 0 Å². The van der Waals surface area contributed by atoms with Crippen molar-refractivity contribution in [1.29, 1.82) is 0 Å². The van der Waals surface area contributed by atoms with Crippen LogP contribution in [0.5, 0.6) is 0 Å². The number of hydrogen-bond acceptors (Lipinski definition) is 2. The number of carbonyl (C=O) groups is 1. The minimum atomic E-state index is -4.51. The Balaban J connectivity index is 2.31. The Morgan fingerprint density at radius 3 is 2.24 bits per heavy atom. The SMILES string of the molecule is NC(=O)c1ccc(Cn2cc(C(F)(F)F)ccc2=O)cc1. The van der Waals surface area contributed by atoms with Crippen LogP contribution in [0.2, 0.25) is 0 Å². The molecule has 4 nitrogen and oxygen atoms in total. The van der Waals surface area contributed by atoms with E-state index in [0.29, 0.717) is 5.56 Å². The van der Waals surface area contributed by atoms with Crippen LogP contribution in [0.1, 0.15) is 21.5 Å². The van der Waals surface area contributed by atoms with Gasteiger partial charge in [-0.3, -0.25) is 9.59 Å². The Bertz CT molecular complexity index is 718. The molecule has 0 unspecified atom stereocenters. The first-order valence-electron chi connectivity index (χ1n) is 5.94. The molecule has 110 valence electrons. The molecule has 0 saturated carbocycles. The summed E-state index contributed by atoms with van der Waals surface area (Å²) in [4.78, 5) is 22.5. The number of carbonyl (C=O) groups excluding carboxylic acids is 1. The molecule has 0 saturated heterocycles. The minimum absolute atomic E-state index is 0.0260. The number of pyridine rings is 1. The molecule has 1 aromatic heterocycles. The van der Waals surface area contributed by atoms with Crippen LogP contribution in [0.25, 0.3) is 0 Å². The molecule has 0 aliphatic rings. The van der Waals surface area contributed by atoms with Crippen molar-refractivity contribution in [2.45, 2.75) is 12.7 Å². The molecule has 0 radical (unpaired) electrons. The predicted molar refractivity (Wildman–Crippen MR) is 69.8 cm³/mol. The highest BCUT2D eigenvalue weighted by Crippen LogP contribution is 2.28. The highest BCUT2D eigenvalue weighted by Gasteiger charge is 2.31. The Morgan fingerprint density at radius 1 is 1.10 bits per heavy atom. The zero-order chi connectivity index (χ0) is 15.6. The van der Waals surface area contributed by atoms with Gasteiger partial charge in [0.25, 0.3) is 5.56 Å². The van der Waals surface area contributed by atoms with E-state index in [-0.39, 0.29) is 12.1 Å². The Hall–Kier alpha value is -2.57. The first-order chi connectivity index (χ1) is 9.77. The molecule has 0 aliphatic carbocycles. The molecule has 2 rings (SSSR count). The van der Waals surface area contributed by atoms with Crippen LogP contribution in [0.4, 0.5) is 13.2 Å². The number of benzene rings is 1. The van der Waals surface area contributed by atoms with Gasteiger partial charge in [0.05, 0.1) is 12.1 Å². The van der Waals surface area contributed by atoms with Gasteiger partial charge in [-0.15, -0.1) is 0 Å². The van der Waals surface area contributed by atoms with Gasteiger partial charge in [0, 0.05) is 17.8 Å². The number of rotatable bonds is 3. The van der Waals surface area contributed by atoms with Gasteiger partial charge in [-0.2, -0.15) is 13.2 Å². The van der Waals surface area contributed by atoms with E-state index in [4.69, 9.17) is 5.73 Å². The second-order valence-corrected chi connectivity index (χ2v) is 4.44. The van der Waals surface area contributed by atoms with Gasteiger partial charge >= 0.3 is 6.18 Å². The summed E-state index contributed by atoms with van der Waals surface area (Å²) in [6.45, 7) is -0.0260. The molecule has 0 spiro atoms. The maximum atomic E-state index is 12.6.